The predicted octanol–water partition coefficient (Wildman–Crippen LogP) is -6.57. The molecule has 4 N–H and O–H groups in total. The van der Waals surface area contributed by atoms with Crippen molar-refractivity contribution in [3.8, 4) is 0 Å². The SMILES string of the molecule is O=C(O)C(O)C(O)C(=O)O.[BH4-].[Na+]. The van der Waals surface area contributed by atoms with Crippen LogP contribution < -0.4 is 29.6 Å². The first-order valence-corrected chi connectivity index (χ1v) is 2.28. The molecule has 0 aliphatic rings. The van der Waals surface area contributed by atoms with Crippen LogP contribution >= 0.6 is 0 Å². The Labute approximate surface area is 92.1 Å². The van der Waals surface area contributed by atoms with Gasteiger partial charge in [-0.15, -0.1) is 0 Å². The van der Waals surface area contributed by atoms with E-state index in [1.54, 1.807) is 0 Å². The summed E-state index contributed by atoms with van der Waals surface area (Å²) in [7, 11) is 0. The van der Waals surface area contributed by atoms with E-state index < -0.39 is 24.1 Å². The molecule has 0 aliphatic heterocycles. The third kappa shape index (κ3) is 5.56. The van der Waals surface area contributed by atoms with Crippen molar-refractivity contribution < 1.29 is 59.6 Å². The van der Waals surface area contributed by atoms with Gasteiger partial charge in [0.25, 0.3) is 0 Å². The molecule has 0 radical (unpaired) electrons. The van der Waals surface area contributed by atoms with E-state index in [1.165, 1.54) is 0 Å². The number of carboxylic acids is 2. The minimum Gasteiger partial charge on any atom is -0.479 e. The Bertz CT molecular complexity index is 144. The molecule has 2 unspecified atom stereocenters. The van der Waals surface area contributed by atoms with Crippen molar-refractivity contribution in [3.63, 3.8) is 0 Å². The van der Waals surface area contributed by atoms with Crippen LogP contribution in [0.3, 0.4) is 0 Å². The molecular weight excluding hydrogens is 178 g/mol. The predicted molar refractivity (Wildman–Crippen MR) is 38.6 cm³/mol. The number of carbonyl (C=O) groups is 2. The zero-order valence-electron chi connectivity index (χ0n) is 5.76. The molecule has 66 valence electrons. The first-order chi connectivity index (χ1) is 4.46. The average molecular weight is 188 g/mol. The fraction of sp³-hybridized carbons (Fsp3) is 0.500. The maximum Gasteiger partial charge on any atom is 1.00 e. The van der Waals surface area contributed by atoms with E-state index in [2.05, 4.69) is 0 Å². The quantitative estimate of drug-likeness (QED) is 0.327. The van der Waals surface area contributed by atoms with Crippen LogP contribution in [0.2, 0.25) is 0 Å². The molecule has 0 fully saturated rings. The van der Waals surface area contributed by atoms with Gasteiger partial charge in [-0.05, 0) is 0 Å². The van der Waals surface area contributed by atoms with E-state index in [0.29, 0.717) is 0 Å². The van der Waals surface area contributed by atoms with Crippen molar-refractivity contribution in [1.82, 2.24) is 0 Å². The molecule has 0 aliphatic carbocycles. The van der Waals surface area contributed by atoms with Crippen molar-refractivity contribution in [2.24, 2.45) is 0 Å². The Morgan fingerprint density at radius 3 is 1.17 bits per heavy atom. The maximum atomic E-state index is 9.77. The van der Waals surface area contributed by atoms with Gasteiger partial charge in [0, 0.05) is 0 Å². The molecule has 8 heteroatoms. The summed E-state index contributed by atoms with van der Waals surface area (Å²) >= 11 is 0. The van der Waals surface area contributed by atoms with E-state index in [4.69, 9.17) is 20.4 Å². The zero-order valence-corrected chi connectivity index (χ0v) is 7.76. The topological polar surface area (TPSA) is 115 Å². The second-order valence-corrected chi connectivity index (χ2v) is 1.57. The third-order valence-electron chi connectivity index (χ3n) is 0.805. The van der Waals surface area contributed by atoms with E-state index >= 15 is 0 Å². The molecule has 12 heavy (non-hydrogen) atoms. The second kappa shape index (κ2) is 7.57. The van der Waals surface area contributed by atoms with E-state index in [0.717, 1.165) is 0 Å². The molecule has 0 aromatic heterocycles. The number of rotatable bonds is 3. The fourth-order valence-corrected chi connectivity index (χ4v) is 0.270. The zero-order chi connectivity index (χ0) is 8.31. The Morgan fingerprint density at radius 1 is 0.917 bits per heavy atom. The van der Waals surface area contributed by atoms with E-state index in [1.807, 2.05) is 0 Å². The third-order valence-corrected chi connectivity index (χ3v) is 0.805. The molecule has 6 nitrogen and oxygen atoms in total. The van der Waals surface area contributed by atoms with Crippen LogP contribution in [-0.4, -0.2) is 53.0 Å². The van der Waals surface area contributed by atoms with Crippen molar-refractivity contribution in [2.75, 3.05) is 0 Å². The first kappa shape index (κ1) is 17.9. The van der Waals surface area contributed by atoms with E-state index in [-0.39, 0.29) is 38.0 Å². The van der Waals surface area contributed by atoms with Gasteiger partial charge in [0.05, 0.1) is 0 Å². The molecule has 0 saturated heterocycles. The molecule has 0 amide bonds. The molecule has 0 aromatic rings. The van der Waals surface area contributed by atoms with Gasteiger partial charge >= 0.3 is 41.5 Å². The summed E-state index contributed by atoms with van der Waals surface area (Å²) in [6.07, 6.45) is -4.53. The van der Waals surface area contributed by atoms with Crippen LogP contribution in [-0.2, 0) is 9.59 Å². The Balaban J connectivity index is -0.000000405. The standard InChI is InChI=1S/C4H6O6.BH4.Na/c5-1(3(7)8)2(6)4(9)10;;/h1-2,5-6H,(H,7,8)(H,9,10);1H4;/q;-1;+1. The summed E-state index contributed by atoms with van der Waals surface area (Å²) in [5.74, 6) is -3.54. The number of aliphatic carboxylic acids is 2. The Morgan fingerprint density at radius 2 is 1.08 bits per heavy atom. The van der Waals surface area contributed by atoms with Gasteiger partial charge in [-0.3, -0.25) is 0 Å². The normalized spacial score (nSPS) is 13.2. The molecule has 0 heterocycles. The maximum absolute atomic E-state index is 9.77. The van der Waals surface area contributed by atoms with Crippen molar-refractivity contribution in [2.45, 2.75) is 12.2 Å². The molecule has 0 bridgehead atoms. The molecule has 0 rings (SSSR count). The largest absolute Gasteiger partial charge is 1.00 e. The Hall–Kier alpha value is -0.0751. The van der Waals surface area contributed by atoms with Crippen LogP contribution in [0.1, 0.15) is 0 Å². The van der Waals surface area contributed by atoms with Gasteiger partial charge in [-0.2, -0.15) is 0 Å². The average Bonchev–Trinajstić information content (AvgIpc) is 1.84. The van der Waals surface area contributed by atoms with E-state index in [9.17, 15) is 9.59 Å². The van der Waals surface area contributed by atoms with Gasteiger partial charge in [-0.25, -0.2) is 9.59 Å². The minimum absolute atomic E-state index is 0. The molecule has 0 aromatic carbocycles. The minimum atomic E-state index is -2.27. The van der Waals surface area contributed by atoms with Crippen LogP contribution in [0, 0.1) is 0 Å². The van der Waals surface area contributed by atoms with Gasteiger partial charge in [0.1, 0.15) is 0 Å². The summed E-state index contributed by atoms with van der Waals surface area (Å²) in [5.41, 5.74) is 0. The number of hydrogen-bond acceptors (Lipinski definition) is 4. The van der Waals surface area contributed by atoms with Gasteiger partial charge in [0.2, 0.25) is 0 Å². The van der Waals surface area contributed by atoms with Crippen molar-refractivity contribution >= 4 is 20.4 Å². The number of hydrogen-bond donors (Lipinski definition) is 4. The van der Waals surface area contributed by atoms with Gasteiger partial charge < -0.3 is 20.4 Å². The molecular formula is C4H10BNaO6. The van der Waals surface area contributed by atoms with Crippen LogP contribution in [0.25, 0.3) is 0 Å². The first-order valence-electron chi connectivity index (χ1n) is 2.28. The van der Waals surface area contributed by atoms with Crippen LogP contribution in [0.5, 0.6) is 0 Å². The molecule has 2 atom stereocenters. The smallest absolute Gasteiger partial charge is 0.479 e. The summed E-state index contributed by atoms with van der Waals surface area (Å²) in [4.78, 5) is 19.5. The number of aliphatic hydroxyl groups excluding tert-OH is 2. The fourth-order valence-electron chi connectivity index (χ4n) is 0.270. The molecule has 0 spiro atoms. The number of aliphatic hydroxyl groups is 2. The van der Waals surface area contributed by atoms with Crippen molar-refractivity contribution in [3.05, 3.63) is 0 Å². The van der Waals surface area contributed by atoms with Gasteiger partial charge in [0.15, 0.2) is 12.2 Å². The van der Waals surface area contributed by atoms with Crippen molar-refractivity contribution in [1.29, 1.82) is 0 Å². The summed E-state index contributed by atoms with van der Waals surface area (Å²) in [6.45, 7) is 0. The Kier molecular flexibility index (Phi) is 11.3. The second-order valence-electron chi connectivity index (χ2n) is 1.57. The van der Waals surface area contributed by atoms with Crippen LogP contribution in [0.15, 0.2) is 0 Å². The molecule has 0 saturated carbocycles. The summed E-state index contributed by atoms with van der Waals surface area (Å²) < 4.78 is 0. The van der Waals surface area contributed by atoms with Crippen LogP contribution in [0.4, 0.5) is 0 Å². The summed E-state index contributed by atoms with van der Waals surface area (Å²) in [6, 6.07) is 0. The number of carboxylic acid groups (broad SMARTS) is 2. The summed E-state index contributed by atoms with van der Waals surface area (Å²) in [5, 5.41) is 32.5. The monoisotopic (exact) mass is 188 g/mol. The van der Waals surface area contributed by atoms with Gasteiger partial charge in [-0.1, -0.05) is 8.41 Å².